The van der Waals surface area contributed by atoms with Crippen molar-refractivity contribution in [3.8, 4) is 11.3 Å². The van der Waals surface area contributed by atoms with Crippen molar-refractivity contribution in [1.82, 2.24) is 9.38 Å². The Hall–Kier alpha value is -1.36. The van der Waals surface area contributed by atoms with Crippen molar-refractivity contribution in [3.05, 3.63) is 45.2 Å². The van der Waals surface area contributed by atoms with Crippen LogP contribution in [0.2, 0.25) is 5.02 Å². The Bertz CT molecular complexity index is 946. The molecule has 0 fully saturated rings. The molecule has 3 heterocycles. The molecule has 0 atom stereocenters. The molecule has 0 N–H and O–H groups in total. The highest BCUT2D eigenvalue weighted by Crippen LogP contribution is 2.34. The molecule has 0 amide bonds. The van der Waals surface area contributed by atoms with E-state index in [1.54, 1.807) is 11.3 Å². The van der Waals surface area contributed by atoms with Gasteiger partial charge in [-0.1, -0.05) is 22.9 Å². The first-order valence-electron chi connectivity index (χ1n) is 6.26. The number of hydrogen-bond donors (Lipinski definition) is 0. The van der Waals surface area contributed by atoms with Crippen LogP contribution in [0.1, 0.15) is 9.75 Å². The molecule has 2 nitrogen and oxygen atoms in total. The van der Waals surface area contributed by atoms with Crippen LogP contribution in [0.3, 0.4) is 0 Å². The second-order valence-electron chi connectivity index (χ2n) is 4.82. The van der Waals surface area contributed by atoms with Crippen LogP contribution >= 0.6 is 34.3 Å². The maximum absolute atomic E-state index is 6.10. The Morgan fingerprint density at radius 2 is 2.00 bits per heavy atom. The van der Waals surface area contributed by atoms with E-state index in [0.29, 0.717) is 0 Å². The number of aryl methyl sites for hydroxylation is 2. The number of thiophene rings is 1. The molecular formula is C15H11ClN2S2. The molecule has 20 heavy (non-hydrogen) atoms. The average molecular weight is 319 g/mol. The highest BCUT2D eigenvalue weighted by Gasteiger charge is 2.13. The van der Waals surface area contributed by atoms with E-state index in [9.17, 15) is 0 Å². The molecule has 100 valence electrons. The molecule has 5 heteroatoms. The van der Waals surface area contributed by atoms with E-state index < -0.39 is 0 Å². The molecular weight excluding hydrogens is 308 g/mol. The van der Waals surface area contributed by atoms with Gasteiger partial charge in [0.2, 0.25) is 0 Å². The van der Waals surface area contributed by atoms with Gasteiger partial charge in [0, 0.05) is 26.5 Å². The minimum atomic E-state index is 0.759. The number of hydrogen-bond acceptors (Lipinski definition) is 3. The SMILES string of the molecule is Cc1cc(-c2cn3c(n2)sc2ccc(Cl)cc23)c(C)s1. The smallest absolute Gasteiger partial charge is 0.195 e. The fourth-order valence-corrected chi connectivity index (χ4v) is 4.57. The van der Waals surface area contributed by atoms with Crippen LogP contribution < -0.4 is 0 Å². The lowest BCUT2D eigenvalue weighted by molar-refractivity contribution is 1.30. The zero-order valence-electron chi connectivity index (χ0n) is 11.0. The van der Waals surface area contributed by atoms with E-state index in [2.05, 4.69) is 36.6 Å². The number of benzene rings is 1. The second-order valence-corrected chi connectivity index (χ2v) is 7.73. The number of aromatic nitrogens is 2. The van der Waals surface area contributed by atoms with Crippen LogP contribution in [0.25, 0.3) is 26.4 Å². The Morgan fingerprint density at radius 1 is 1.15 bits per heavy atom. The van der Waals surface area contributed by atoms with Gasteiger partial charge in [0.1, 0.15) is 0 Å². The van der Waals surface area contributed by atoms with Crippen LogP contribution in [0.15, 0.2) is 30.5 Å². The van der Waals surface area contributed by atoms with Crippen LogP contribution in [0.5, 0.6) is 0 Å². The first kappa shape index (κ1) is 12.4. The van der Waals surface area contributed by atoms with Crippen LogP contribution in [-0.4, -0.2) is 9.38 Å². The lowest BCUT2D eigenvalue weighted by Gasteiger charge is -1.94. The zero-order valence-corrected chi connectivity index (χ0v) is 13.4. The first-order valence-corrected chi connectivity index (χ1v) is 8.27. The van der Waals surface area contributed by atoms with Gasteiger partial charge in [-0.3, -0.25) is 4.40 Å². The Balaban J connectivity index is 1.99. The van der Waals surface area contributed by atoms with Gasteiger partial charge in [-0.05, 0) is 38.1 Å². The summed E-state index contributed by atoms with van der Waals surface area (Å²) in [5, 5.41) is 0.759. The molecule has 0 spiro atoms. The predicted octanol–water partition coefficient (Wildman–Crippen LogP) is 5.55. The number of nitrogens with zero attached hydrogens (tertiary/aromatic N) is 2. The van der Waals surface area contributed by atoms with Gasteiger partial charge in [0.05, 0.1) is 15.9 Å². The van der Waals surface area contributed by atoms with Crippen molar-refractivity contribution in [3.63, 3.8) is 0 Å². The van der Waals surface area contributed by atoms with Crippen LogP contribution in [-0.2, 0) is 0 Å². The summed E-state index contributed by atoms with van der Waals surface area (Å²) in [5.74, 6) is 0. The molecule has 0 radical (unpaired) electrons. The van der Waals surface area contributed by atoms with Gasteiger partial charge < -0.3 is 0 Å². The largest absolute Gasteiger partial charge is 0.290 e. The lowest BCUT2D eigenvalue weighted by atomic mass is 10.2. The molecule has 4 rings (SSSR count). The first-order chi connectivity index (χ1) is 9.61. The molecule has 0 bridgehead atoms. The molecule has 0 unspecified atom stereocenters. The lowest BCUT2D eigenvalue weighted by Crippen LogP contribution is -1.77. The van der Waals surface area contributed by atoms with Gasteiger partial charge in [-0.15, -0.1) is 11.3 Å². The molecule has 0 aliphatic rings. The number of imidazole rings is 1. The fraction of sp³-hybridized carbons (Fsp3) is 0.133. The fourth-order valence-electron chi connectivity index (χ4n) is 2.49. The summed E-state index contributed by atoms with van der Waals surface area (Å²) in [6.45, 7) is 4.28. The van der Waals surface area contributed by atoms with E-state index >= 15 is 0 Å². The average Bonchev–Trinajstić information content (AvgIpc) is 3.02. The summed E-state index contributed by atoms with van der Waals surface area (Å²) in [7, 11) is 0. The minimum Gasteiger partial charge on any atom is -0.290 e. The van der Waals surface area contributed by atoms with Gasteiger partial charge in [-0.25, -0.2) is 4.98 Å². The molecule has 1 aromatic carbocycles. The Kier molecular flexibility index (Phi) is 2.67. The van der Waals surface area contributed by atoms with Gasteiger partial charge in [0.15, 0.2) is 4.96 Å². The van der Waals surface area contributed by atoms with Crippen LogP contribution in [0, 0.1) is 13.8 Å². The Labute approximate surface area is 129 Å². The summed E-state index contributed by atoms with van der Waals surface area (Å²) in [4.78, 5) is 8.42. The van der Waals surface area contributed by atoms with E-state index in [1.807, 2.05) is 23.5 Å². The molecule has 4 aromatic rings. The molecule has 0 aliphatic carbocycles. The van der Waals surface area contributed by atoms with Gasteiger partial charge in [0.25, 0.3) is 0 Å². The van der Waals surface area contributed by atoms with Gasteiger partial charge >= 0.3 is 0 Å². The van der Waals surface area contributed by atoms with Gasteiger partial charge in [-0.2, -0.15) is 0 Å². The molecule has 0 aliphatic heterocycles. The van der Waals surface area contributed by atoms with E-state index in [0.717, 1.165) is 21.2 Å². The maximum atomic E-state index is 6.10. The van der Waals surface area contributed by atoms with Crippen molar-refractivity contribution < 1.29 is 0 Å². The third-order valence-corrected chi connectivity index (χ3v) is 5.61. The van der Waals surface area contributed by atoms with Crippen LogP contribution in [0.4, 0.5) is 0 Å². The summed E-state index contributed by atoms with van der Waals surface area (Å²) >= 11 is 9.61. The normalized spacial score (nSPS) is 11.8. The van der Waals surface area contributed by atoms with E-state index in [4.69, 9.17) is 16.6 Å². The number of halogens is 1. The molecule has 0 saturated heterocycles. The van der Waals surface area contributed by atoms with Crippen molar-refractivity contribution in [2.75, 3.05) is 0 Å². The summed E-state index contributed by atoms with van der Waals surface area (Å²) < 4.78 is 3.34. The maximum Gasteiger partial charge on any atom is 0.195 e. The van der Waals surface area contributed by atoms with E-state index in [-0.39, 0.29) is 0 Å². The third kappa shape index (κ3) is 1.79. The van der Waals surface area contributed by atoms with Crippen molar-refractivity contribution in [2.45, 2.75) is 13.8 Å². The number of rotatable bonds is 1. The summed E-state index contributed by atoms with van der Waals surface area (Å²) in [6.07, 6.45) is 2.11. The number of thiazole rings is 1. The molecule has 3 aromatic heterocycles. The standard InChI is InChI=1S/C15H11ClN2S2/c1-8-5-11(9(2)19-8)12-7-18-13-6-10(16)3-4-14(13)20-15(18)17-12/h3-7H,1-2H3. The quantitative estimate of drug-likeness (QED) is 0.450. The summed E-state index contributed by atoms with van der Waals surface area (Å²) in [6, 6.07) is 8.18. The van der Waals surface area contributed by atoms with E-state index in [1.165, 1.54) is 20.0 Å². The third-order valence-electron chi connectivity index (χ3n) is 3.37. The van der Waals surface area contributed by atoms with Crippen molar-refractivity contribution in [1.29, 1.82) is 0 Å². The zero-order chi connectivity index (χ0) is 13.9. The monoisotopic (exact) mass is 318 g/mol. The predicted molar refractivity (Wildman–Crippen MR) is 88.4 cm³/mol. The number of fused-ring (bicyclic) bond motifs is 3. The minimum absolute atomic E-state index is 0.759. The molecule has 0 saturated carbocycles. The Morgan fingerprint density at radius 3 is 2.75 bits per heavy atom. The topological polar surface area (TPSA) is 17.3 Å². The highest BCUT2D eigenvalue weighted by atomic mass is 35.5. The van der Waals surface area contributed by atoms with Crippen molar-refractivity contribution >= 4 is 49.5 Å². The van der Waals surface area contributed by atoms with Crippen molar-refractivity contribution in [2.24, 2.45) is 0 Å². The second kappa shape index (κ2) is 4.32. The highest BCUT2D eigenvalue weighted by molar-refractivity contribution is 7.23. The summed E-state index contributed by atoms with van der Waals surface area (Å²) in [5.41, 5.74) is 3.40.